The van der Waals surface area contributed by atoms with Crippen LogP contribution in [0.3, 0.4) is 0 Å². The molecule has 0 aromatic heterocycles. The molecule has 0 aliphatic carbocycles. The summed E-state index contributed by atoms with van der Waals surface area (Å²) in [6.07, 6.45) is 1.49. The maximum atomic E-state index is 13.6. The maximum Gasteiger partial charge on any atom is 0.325 e. The normalized spacial score (nSPS) is 14.0. The van der Waals surface area contributed by atoms with Crippen molar-refractivity contribution in [2.45, 2.75) is 36.0 Å². The van der Waals surface area contributed by atoms with Crippen LogP contribution in [0, 0.1) is 5.92 Å². The number of hydrogen-bond donors (Lipinski definition) is 0. The minimum Gasteiger partial charge on any atom is -0.468 e. The van der Waals surface area contributed by atoms with Crippen LogP contribution in [0.4, 0.5) is 0 Å². The van der Waals surface area contributed by atoms with Crippen LogP contribution < -0.4 is 10.4 Å². The van der Waals surface area contributed by atoms with Crippen LogP contribution in [-0.4, -0.2) is 41.7 Å². The molecule has 0 bridgehead atoms. The molecule has 1 unspecified atom stereocenters. The summed E-state index contributed by atoms with van der Waals surface area (Å²) >= 11 is 0. The first-order valence-electron chi connectivity index (χ1n) is 11.8. The summed E-state index contributed by atoms with van der Waals surface area (Å²) in [5.41, 5.74) is 0. The molecule has 3 aromatic carbocycles. The zero-order valence-electron chi connectivity index (χ0n) is 21.3. The van der Waals surface area contributed by atoms with Gasteiger partial charge in [-0.1, -0.05) is 106 Å². The van der Waals surface area contributed by atoms with Crippen LogP contribution in [-0.2, 0) is 23.8 Å². The van der Waals surface area contributed by atoms with Gasteiger partial charge in [0.05, 0.1) is 12.0 Å². The van der Waals surface area contributed by atoms with Crippen molar-refractivity contribution in [3.8, 4) is 0 Å². The second-order valence-electron chi connectivity index (χ2n) is 9.68. The Hall–Kier alpha value is -3.00. The summed E-state index contributed by atoms with van der Waals surface area (Å²) in [5, 5.41) is 0.334. The minimum absolute atomic E-state index is 0.0113. The van der Waals surface area contributed by atoms with Gasteiger partial charge in [-0.05, 0) is 27.5 Å². The molecule has 0 radical (unpaired) electrons. The standard InChI is InChI=1S/C29H34O5SSi/c1-6-23(27(28(30)33-5)35(31,32)24-16-10-7-11-17-24)22-34-36(29(2,3)4,25-18-12-8-13-19-25)26-20-14-9-15-21-26/h6-21,23,27H,1,22H2,2-5H3/t23-,27?/m0/s1. The molecule has 3 aromatic rings. The lowest BCUT2D eigenvalue weighted by atomic mass is 10.1. The monoisotopic (exact) mass is 522 g/mol. The van der Waals surface area contributed by atoms with Crippen LogP contribution in [0.5, 0.6) is 0 Å². The van der Waals surface area contributed by atoms with Crippen LogP contribution >= 0.6 is 0 Å². The van der Waals surface area contributed by atoms with Gasteiger partial charge in [0.25, 0.3) is 8.32 Å². The molecular formula is C29H34O5SSi. The Kier molecular flexibility index (Phi) is 8.71. The second-order valence-corrected chi connectivity index (χ2v) is 16.1. The molecule has 0 saturated carbocycles. The van der Waals surface area contributed by atoms with Crippen molar-refractivity contribution >= 4 is 34.5 Å². The number of sulfone groups is 1. The van der Waals surface area contributed by atoms with Gasteiger partial charge < -0.3 is 9.16 Å². The van der Waals surface area contributed by atoms with E-state index in [0.717, 1.165) is 10.4 Å². The highest BCUT2D eigenvalue weighted by atomic mass is 32.2. The van der Waals surface area contributed by atoms with Crippen molar-refractivity contribution < 1.29 is 22.4 Å². The first-order chi connectivity index (χ1) is 17.1. The lowest BCUT2D eigenvalue weighted by molar-refractivity contribution is -0.141. The van der Waals surface area contributed by atoms with Crippen molar-refractivity contribution in [1.82, 2.24) is 0 Å². The summed E-state index contributed by atoms with van der Waals surface area (Å²) < 4.78 is 39.1. The van der Waals surface area contributed by atoms with E-state index in [0.29, 0.717) is 0 Å². The molecule has 0 spiro atoms. The lowest BCUT2D eigenvalue weighted by Gasteiger charge is -2.43. The molecule has 0 amide bonds. The number of methoxy groups -OCH3 is 1. The smallest absolute Gasteiger partial charge is 0.325 e. The molecule has 190 valence electrons. The molecular weight excluding hydrogens is 488 g/mol. The zero-order chi connectivity index (χ0) is 26.4. The Labute approximate surface area is 215 Å². The van der Waals surface area contributed by atoms with E-state index in [4.69, 9.17) is 9.16 Å². The average molecular weight is 523 g/mol. The second kappa shape index (κ2) is 11.4. The first-order valence-corrected chi connectivity index (χ1v) is 15.3. The van der Waals surface area contributed by atoms with Crippen molar-refractivity contribution in [2.75, 3.05) is 13.7 Å². The third kappa shape index (κ3) is 5.38. The fourth-order valence-corrected chi connectivity index (χ4v) is 11.1. The molecule has 0 heterocycles. The summed E-state index contributed by atoms with van der Waals surface area (Å²) in [6, 6.07) is 28.0. The van der Waals surface area contributed by atoms with Crippen molar-refractivity contribution in [2.24, 2.45) is 5.92 Å². The molecule has 0 saturated heterocycles. The molecule has 7 heteroatoms. The number of benzene rings is 3. The van der Waals surface area contributed by atoms with Crippen LogP contribution in [0.15, 0.2) is 109 Å². The Morgan fingerprint density at radius 1 is 0.889 bits per heavy atom. The minimum atomic E-state index is -4.07. The summed E-state index contributed by atoms with van der Waals surface area (Å²) in [5.74, 6) is -1.67. The number of hydrogen-bond acceptors (Lipinski definition) is 5. The van der Waals surface area contributed by atoms with Crippen molar-refractivity contribution in [3.05, 3.63) is 104 Å². The van der Waals surface area contributed by atoms with E-state index < -0.39 is 35.3 Å². The number of carbonyl (C=O) groups excluding carboxylic acids is 1. The predicted octanol–water partition coefficient (Wildman–Crippen LogP) is 4.38. The molecule has 0 aliphatic rings. The molecule has 36 heavy (non-hydrogen) atoms. The Bertz CT molecular complexity index is 1210. The SMILES string of the molecule is C=C[C@@H](CO[Si](c1ccccc1)(c1ccccc1)C(C)(C)C)C(C(=O)OC)S(=O)(=O)c1ccccc1. The van der Waals surface area contributed by atoms with Gasteiger partial charge in [-0.15, -0.1) is 6.58 Å². The third-order valence-corrected chi connectivity index (χ3v) is 13.6. The van der Waals surface area contributed by atoms with E-state index >= 15 is 0 Å². The fourth-order valence-electron chi connectivity index (χ4n) is 4.67. The van der Waals surface area contributed by atoms with E-state index in [9.17, 15) is 13.2 Å². The van der Waals surface area contributed by atoms with Gasteiger partial charge in [-0.3, -0.25) is 4.79 Å². The highest BCUT2D eigenvalue weighted by Gasteiger charge is 2.51. The van der Waals surface area contributed by atoms with Gasteiger partial charge in [0.2, 0.25) is 0 Å². The van der Waals surface area contributed by atoms with Gasteiger partial charge >= 0.3 is 5.97 Å². The van der Waals surface area contributed by atoms with E-state index in [1.165, 1.54) is 25.3 Å². The Morgan fingerprint density at radius 3 is 1.72 bits per heavy atom. The predicted molar refractivity (Wildman–Crippen MR) is 147 cm³/mol. The zero-order valence-corrected chi connectivity index (χ0v) is 23.1. The summed E-state index contributed by atoms with van der Waals surface area (Å²) in [4.78, 5) is 13.0. The van der Waals surface area contributed by atoms with Gasteiger partial charge in [0.15, 0.2) is 15.1 Å². The number of esters is 1. The molecule has 0 N–H and O–H groups in total. The third-order valence-electron chi connectivity index (χ3n) is 6.44. The first kappa shape index (κ1) is 27.6. The highest BCUT2D eigenvalue weighted by Crippen LogP contribution is 2.37. The number of rotatable bonds is 10. The number of carbonyl (C=O) groups is 1. The van der Waals surface area contributed by atoms with E-state index in [-0.39, 0.29) is 16.5 Å². The topological polar surface area (TPSA) is 69.7 Å². The van der Waals surface area contributed by atoms with Crippen molar-refractivity contribution in [3.63, 3.8) is 0 Å². The molecule has 5 nitrogen and oxygen atoms in total. The Balaban J connectivity index is 2.12. The van der Waals surface area contributed by atoms with Gasteiger partial charge in [-0.2, -0.15) is 0 Å². The fraction of sp³-hybridized carbons (Fsp3) is 0.276. The van der Waals surface area contributed by atoms with Crippen LogP contribution in [0.1, 0.15) is 20.8 Å². The number of ether oxygens (including phenoxy) is 1. The van der Waals surface area contributed by atoms with Crippen LogP contribution in [0.25, 0.3) is 0 Å². The molecule has 0 aliphatic heterocycles. The van der Waals surface area contributed by atoms with Crippen molar-refractivity contribution in [1.29, 1.82) is 0 Å². The molecule has 0 fully saturated rings. The Morgan fingerprint density at radius 2 is 1.33 bits per heavy atom. The van der Waals surface area contributed by atoms with Gasteiger partial charge in [0.1, 0.15) is 0 Å². The van der Waals surface area contributed by atoms with Crippen LogP contribution in [0.2, 0.25) is 5.04 Å². The average Bonchev–Trinajstić information content (AvgIpc) is 2.88. The quantitative estimate of drug-likeness (QED) is 0.225. The molecule has 2 atom stereocenters. The van der Waals surface area contributed by atoms with Gasteiger partial charge in [0, 0.05) is 12.5 Å². The highest BCUT2D eigenvalue weighted by molar-refractivity contribution is 7.92. The molecule has 3 rings (SSSR count). The van der Waals surface area contributed by atoms with E-state index in [1.54, 1.807) is 18.2 Å². The van der Waals surface area contributed by atoms with E-state index in [1.807, 2.05) is 36.4 Å². The summed E-state index contributed by atoms with van der Waals surface area (Å²) in [7, 11) is -5.83. The van der Waals surface area contributed by atoms with Gasteiger partial charge in [-0.25, -0.2) is 8.42 Å². The van der Waals surface area contributed by atoms with E-state index in [2.05, 4.69) is 51.6 Å². The summed E-state index contributed by atoms with van der Waals surface area (Å²) in [6.45, 7) is 10.3. The maximum absolute atomic E-state index is 13.6. The largest absolute Gasteiger partial charge is 0.468 e. The lowest BCUT2D eigenvalue weighted by Crippen LogP contribution is -2.67.